The van der Waals surface area contributed by atoms with Gasteiger partial charge >= 0.3 is 5.97 Å². The number of carbonyl (C=O) groups excluding carboxylic acids is 2. The first-order valence-electron chi connectivity index (χ1n) is 11.3. The normalized spacial score (nSPS) is 10.8. The molecule has 0 saturated carbocycles. The Kier molecular flexibility index (Phi) is 19.8. The molecule has 0 saturated heterocycles. The molecule has 0 radical (unpaired) electrons. The van der Waals surface area contributed by atoms with Crippen LogP contribution >= 0.6 is 0 Å². The molecule has 0 aromatic rings. The highest BCUT2D eigenvalue weighted by Crippen LogP contribution is 2.14. The van der Waals surface area contributed by atoms with Gasteiger partial charge in [-0.1, -0.05) is 96.8 Å². The Morgan fingerprint density at radius 2 is 0.846 bits per heavy atom. The lowest BCUT2D eigenvalue weighted by Crippen LogP contribution is -1.99. The average Bonchev–Trinajstić information content (AvgIpc) is 2.66. The predicted molar refractivity (Wildman–Crippen MR) is 110 cm³/mol. The summed E-state index contributed by atoms with van der Waals surface area (Å²) in [6.45, 7) is 1.96. The van der Waals surface area contributed by atoms with Crippen LogP contribution in [0.4, 0.5) is 0 Å². The Labute approximate surface area is 162 Å². The standard InChI is InChI=1S/C23H44O3/c1-3-22(24)20-18-16-14-12-10-8-6-4-5-7-9-11-13-15-17-19-21-23(25)26-2/h3-21H2,1-2H3. The molecule has 154 valence electrons. The van der Waals surface area contributed by atoms with Gasteiger partial charge in [-0.2, -0.15) is 0 Å². The van der Waals surface area contributed by atoms with E-state index in [4.69, 9.17) is 0 Å². The number of rotatable bonds is 20. The van der Waals surface area contributed by atoms with Crippen molar-refractivity contribution in [3.63, 3.8) is 0 Å². The van der Waals surface area contributed by atoms with Crippen molar-refractivity contribution < 1.29 is 14.3 Å². The average molecular weight is 369 g/mol. The van der Waals surface area contributed by atoms with Crippen LogP contribution in [0, 0.1) is 0 Å². The molecule has 0 heterocycles. The summed E-state index contributed by atoms with van der Waals surface area (Å²) in [6, 6.07) is 0. The fraction of sp³-hybridized carbons (Fsp3) is 0.913. The van der Waals surface area contributed by atoms with Crippen LogP contribution < -0.4 is 0 Å². The van der Waals surface area contributed by atoms with E-state index in [-0.39, 0.29) is 5.97 Å². The summed E-state index contributed by atoms with van der Waals surface area (Å²) in [5.74, 6) is 0.344. The maximum atomic E-state index is 11.2. The van der Waals surface area contributed by atoms with Crippen LogP contribution in [-0.2, 0) is 14.3 Å². The molecule has 0 aromatic heterocycles. The van der Waals surface area contributed by atoms with Crippen LogP contribution in [0.2, 0.25) is 0 Å². The molecule has 3 nitrogen and oxygen atoms in total. The molecule has 0 rings (SSSR count). The molecular weight excluding hydrogens is 324 g/mol. The van der Waals surface area contributed by atoms with Crippen LogP contribution in [0.15, 0.2) is 0 Å². The molecule has 0 spiro atoms. The van der Waals surface area contributed by atoms with Gasteiger partial charge < -0.3 is 4.74 Å². The number of methoxy groups -OCH3 is 1. The smallest absolute Gasteiger partial charge is 0.305 e. The van der Waals surface area contributed by atoms with Gasteiger partial charge in [-0.15, -0.1) is 0 Å². The maximum absolute atomic E-state index is 11.2. The minimum Gasteiger partial charge on any atom is -0.469 e. The number of hydrogen-bond acceptors (Lipinski definition) is 3. The first-order valence-corrected chi connectivity index (χ1v) is 11.3. The summed E-state index contributed by atoms with van der Waals surface area (Å²) >= 11 is 0. The van der Waals surface area contributed by atoms with E-state index in [1.54, 1.807) is 0 Å². The number of carbonyl (C=O) groups is 2. The molecule has 0 N–H and O–H groups in total. The van der Waals surface area contributed by atoms with Crippen molar-refractivity contribution in [1.29, 1.82) is 0 Å². The van der Waals surface area contributed by atoms with Gasteiger partial charge in [0.2, 0.25) is 0 Å². The number of Topliss-reactive ketones (excluding diaryl/α,β-unsaturated/α-hetero) is 1. The van der Waals surface area contributed by atoms with E-state index in [0.29, 0.717) is 18.6 Å². The lowest BCUT2D eigenvalue weighted by atomic mass is 10.0. The quantitative estimate of drug-likeness (QED) is 0.169. The van der Waals surface area contributed by atoms with Gasteiger partial charge in [-0.3, -0.25) is 9.59 Å². The third-order valence-electron chi connectivity index (χ3n) is 5.21. The van der Waals surface area contributed by atoms with E-state index in [1.807, 2.05) is 6.92 Å². The van der Waals surface area contributed by atoms with E-state index in [0.717, 1.165) is 25.7 Å². The van der Waals surface area contributed by atoms with Crippen molar-refractivity contribution in [3.05, 3.63) is 0 Å². The fourth-order valence-electron chi connectivity index (χ4n) is 3.35. The van der Waals surface area contributed by atoms with Crippen LogP contribution in [-0.4, -0.2) is 18.9 Å². The van der Waals surface area contributed by atoms with Crippen LogP contribution in [0.3, 0.4) is 0 Å². The maximum Gasteiger partial charge on any atom is 0.305 e. The molecule has 0 unspecified atom stereocenters. The number of hydrogen-bond donors (Lipinski definition) is 0. The van der Waals surface area contributed by atoms with Gasteiger partial charge in [0.15, 0.2) is 0 Å². The molecule has 0 atom stereocenters. The minimum absolute atomic E-state index is 0.0755. The lowest BCUT2D eigenvalue weighted by Gasteiger charge is -2.04. The van der Waals surface area contributed by atoms with Crippen molar-refractivity contribution in [2.45, 2.75) is 129 Å². The van der Waals surface area contributed by atoms with E-state index in [1.165, 1.54) is 90.6 Å². The molecule has 26 heavy (non-hydrogen) atoms. The summed E-state index contributed by atoms with van der Waals surface area (Å²) in [5.41, 5.74) is 0. The van der Waals surface area contributed by atoms with Gasteiger partial charge in [0.1, 0.15) is 5.78 Å². The number of unbranched alkanes of at least 4 members (excludes halogenated alkanes) is 15. The summed E-state index contributed by atoms with van der Waals surface area (Å²) in [7, 11) is 1.46. The monoisotopic (exact) mass is 368 g/mol. The topological polar surface area (TPSA) is 43.4 Å². The van der Waals surface area contributed by atoms with E-state index in [9.17, 15) is 9.59 Å². The molecule has 3 heteroatoms. The Balaban J connectivity index is 3.05. The van der Waals surface area contributed by atoms with Gasteiger partial charge in [0.05, 0.1) is 7.11 Å². The third kappa shape index (κ3) is 19.5. The van der Waals surface area contributed by atoms with Gasteiger partial charge in [0, 0.05) is 19.3 Å². The van der Waals surface area contributed by atoms with Gasteiger partial charge in [-0.05, 0) is 12.8 Å². The highest BCUT2D eigenvalue weighted by atomic mass is 16.5. The molecular formula is C23H44O3. The number of esters is 1. The van der Waals surface area contributed by atoms with Crippen molar-refractivity contribution in [1.82, 2.24) is 0 Å². The predicted octanol–water partition coefficient (Wildman–Crippen LogP) is 7.16. The van der Waals surface area contributed by atoms with Crippen molar-refractivity contribution >= 4 is 11.8 Å². The summed E-state index contributed by atoms with van der Waals surface area (Å²) < 4.78 is 4.64. The first kappa shape index (κ1) is 25.1. The molecule has 0 fully saturated rings. The molecule has 0 aliphatic carbocycles. The van der Waals surface area contributed by atoms with Crippen LogP contribution in [0.25, 0.3) is 0 Å². The van der Waals surface area contributed by atoms with Crippen molar-refractivity contribution in [3.8, 4) is 0 Å². The Hall–Kier alpha value is -0.860. The largest absolute Gasteiger partial charge is 0.469 e. The highest BCUT2D eigenvalue weighted by molar-refractivity contribution is 5.77. The third-order valence-corrected chi connectivity index (χ3v) is 5.21. The second kappa shape index (κ2) is 20.5. The first-order chi connectivity index (χ1) is 12.7. The van der Waals surface area contributed by atoms with Gasteiger partial charge in [-0.25, -0.2) is 0 Å². The summed E-state index contributed by atoms with van der Waals surface area (Å²) in [5, 5.41) is 0. The van der Waals surface area contributed by atoms with Crippen LogP contribution in [0.1, 0.15) is 129 Å². The second-order valence-electron chi connectivity index (χ2n) is 7.63. The van der Waals surface area contributed by atoms with E-state index in [2.05, 4.69) is 4.74 Å². The van der Waals surface area contributed by atoms with Crippen LogP contribution in [0.5, 0.6) is 0 Å². The molecule has 0 amide bonds. The zero-order valence-electron chi connectivity index (χ0n) is 17.7. The molecule has 0 bridgehead atoms. The molecule has 0 aliphatic heterocycles. The zero-order valence-corrected chi connectivity index (χ0v) is 17.7. The Morgan fingerprint density at radius 1 is 0.538 bits per heavy atom. The van der Waals surface area contributed by atoms with Crippen molar-refractivity contribution in [2.24, 2.45) is 0 Å². The molecule has 0 aliphatic rings. The van der Waals surface area contributed by atoms with E-state index >= 15 is 0 Å². The minimum atomic E-state index is -0.0755. The number of ether oxygens (including phenoxy) is 1. The Morgan fingerprint density at radius 3 is 1.15 bits per heavy atom. The summed E-state index contributed by atoms with van der Waals surface area (Å²) in [4.78, 5) is 22.2. The lowest BCUT2D eigenvalue weighted by molar-refractivity contribution is -0.140. The second-order valence-corrected chi connectivity index (χ2v) is 7.63. The van der Waals surface area contributed by atoms with Gasteiger partial charge in [0.25, 0.3) is 0 Å². The highest BCUT2D eigenvalue weighted by Gasteiger charge is 2.00. The fourth-order valence-corrected chi connectivity index (χ4v) is 3.35. The summed E-state index contributed by atoms with van der Waals surface area (Å²) in [6.07, 6.45) is 22.8. The van der Waals surface area contributed by atoms with Crippen molar-refractivity contribution in [2.75, 3.05) is 7.11 Å². The van der Waals surface area contributed by atoms with E-state index < -0.39 is 0 Å². The zero-order chi connectivity index (χ0) is 19.3. The number of ketones is 1. The molecule has 0 aromatic carbocycles. The Bertz CT molecular complexity index is 293. The SMILES string of the molecule is CCC(=O)CCCCCCCCCCCCCCCCCCC(=O)OC.